The number of nitrogens with zero attached hydrogens (tertiary/aromatic N) is 3. The number of hydrogen-bond donors (Lipinski definition) is 1. The summed E-state index contributed by atoms with van der Waals surface area (Å²) in [7, 11) is 1.91. The Labute approximate surface area is 172 Å². The van der Waals surface area contributed by atoms with E-state index in [1.807, 2.05) is 29.8 Å². The average molecular weight is 397 g/mol. The van der Waals surface area contributed by atoms with E-state index in [0.717, 1.165) is 22.8 Å². The van der Waals surface area contributed by atoms with Crippen LogP contribution in [0.2, 0.25) is 5.02 Å². The number of nitrogens with one attached hydrogen (secondary N) is 1. The second kappa shape index (κ2) is 8.12. The van der Waals surface area contributed by atoms with Gasteiger partial charge in [0.25, 0.3) is 0 Å². The number of halogens is 1. The predicted octanol–water partition coefficient (Wildman–Crippen LogP) is 5.89. The van der Waals surface area contributed by atoms with E-state index in [4.69, 9.17) is 16.6 Å². The Hall–Kier alpha value is -2.07. The third-order valence-corrected chi connectivity index (χ3v) is 6.12. The van der Waals surface area contributed by atoms with Crippen molar-refractivity contribution in [2.45, 2.75) is 58.3 Å². The minimum Gasteiger partial charge on any atom is -0.362 e. The molecule has 2 saturated carbocycles. The molecule has 0 amide bonds. The minimum atomic E-state index is 0.215. The van der Waals surface area contributed by atoms with Gasteiger partial charge in [-0.25, -0.2) is 4.98 Å². The second-order valence-electron chi connectivity index (χ2n) is 7.94. The van der Waals surface area contributed by atoms with E-state index >= 15 is 0 Å². The number of fused-ring (bicyclic) bond motifs is 1. The molecule has 2 aliphatic carbocycles. The summed E-state index contributed by atoms with van der Waals surface area (Å²) in [5.74, 6) is 0.876. The highest BCUT2D eigenvalue weighted by Crippen LogP contribution is 2.36. The highest BCUT2D eigenvalue weighted by molar-refractivity contribution is 6.30. The molecule has 1 unspecified atom stereocenters. The summed E-state index contributed by atoms with van der Waals surface area (Å²) in [6.07, 6.45) is 13.4. The molecule has 0 aliphatic heterocycles. The van der Waals surface area contributed by atoms with Crippen LogP contribution in [0, 0.1) is 5.92 Å². The Kier molecular flexibility index (Phi) is 5.58. The topological polar surface area (TPSA) is 41.7 Å². The van der Waals surface area contributed by atoms with Crippen molar-refractivity contribution >= 4 is 23.0 Å². The number of pyridine rings is 1. The maximum atomic E-state index is 6.14. The number of imidazole rings is 1. The van der Waals surface area contributed by atoms with Crippen LogP contribution < -0.4 is 5.32 Å². The summed E-state index contributed by atoms with van der Waals surface area (Å²) in [5.41, 5.74) is 7.34. The lowest BCUT2D eigenvalue weighted by Crippen LogP contribution is -2.23. The Morgan fingerprint density at radius 2 is 2.14 bits per heavy atom. The maximum absolute atomic E-state index is 6.14. The van der Waals surface area contributed by atoms with E-state index in [2.05, 4.69) is 36.4 Å². The summed E-state index contributed by atoms with van der Waals surface area (Å²) in [6, 6.07) is 3.86. The largest absolute Gasteiger partial charge is 0.362 e. The van der Waals surface area contributed by atoms with Gasteiger partial charge in [-0.3, -0.25) is 4.99 Å². The van der Waals surface area contributed by atoms with Gasteiger partial charge in [-0.05, 0) is 56.7 Å². The number of aliphatic imine (C=N–C) groups is 1. The van der Waals surface area contributed by atoms with Crippen LogP contribution in [-0.4, -0.2) is 22.1 Å². The summed E-state index contributed by atoms with van der Waals surface area (Å²) >= 11 is 6.14. The van der Waals surface area contributed by atoms with Crippen molar-refractivity contribution in [3.63, 3.8) is 0 Å². The maximum Gasteiger partial charge on any atom is 0.137 e. The highest BCUT2D eigenvalue weighted by atomic mass is 35.5. The molecule has 0 spiro atoms. The molecule has 5 heteroatoms. The molecule has 2 aromatic heterocycles. The predicted molar refractivity (Wildman–Crippen MR) is 117 cm³/mol. The van der Waals surface area contributed by atoms with Crippen molar-refractivity contribution in [3.05, 3.63) is 58.3 Å². The SMILES string of the molecule is CC/C(=C\C(=NC)C1CC1)NC(=C1CCC1)C(C)c1cn2cc(Cl)ccc2n1. The average Bonchev–Trinajstić information content (AvgIpc) is 3.40. The standard InChI is InChI=1S/C23H29ClN4/c1-4-19(12-20(25-3)16-8-9-16)26-23(17-6-5-7-17)15(2)21-14-28-13-18(24)10-11-22(28)27-21/h10-16,26H,4-9H2,1-3H3/b19-12+,25-20?. The van der Waals surface area contributed by atoms with E-state index in [1.54, 1.807) is 0 Å². The first kappa shape index (κ1) is 19.3. The minimum absolute atomic E-state index is 0.215. The number of aromatic nitrogens is 2. The lowest BCUT2D eigenvalue weighted by atomic mass is 9.85. The van der Waals surface area contributed by atoms with Crippen LogP contribution >= 0.6 is 11.6 Å². The van der Waals surface area contributed by atoms with Crippen molar-refractivity contribution in [2.24, 2.45) is 10.9 Å². The Bertz CT molecular complexity index is 956. The molecule has 2 aliphatic rings. The summed E-state index contributed by atoms with van der Waals surface area (Å²) in [5, 5.41) is 4.52. The molecule has 148 valence electrons. The summed E-state index contributed by atoms with van der Waals surface area (Å²) in [4.78, 5) is 9.37. The Morgan fingerprint density at radius 3 is 2.75 bits per heavy atom. The monoisotopic (exact) mass is 396 g/mol. The van der Waals surface area contributed by atoms with E-state index < -0.39 is 0 Å². The molecule has 0 saturated heterocycles. The molecule has 2 heterocycles. The quantitative estimate of drug-likeness (QED) is 0.592. The Morgan fingerprint density at radius 1 is 1.36 bits per heavy atom. The number of hydrogen-bond acceptors (Lipinski definition) is 3. The molecule has 0 aromatic carbocycles. The van der Waals surface area contributed by atoms with Crippen molar-refractivity contribution < 1.29 is 0 Å². The van der Waals surface area contributed by atoms with Gasteiger partial charge in [0.2, 0.25) is 0 Å². The van der Waals surface area contributed by atoms with Crippen LogP contribution in [0.3, 0.4) is 0 Å². The van der Waals surface area contributed by atoms with Crippen LogP contribution in [0.15, 0.2) is 52.6 Å². The fraction of sp³-hybridized carbons (Fsp3) is 0.478. The molecule has 28 heavy (non-hydrogen) atoms. The second-order valence-corrected chi connectivity index (χ2v) is 8.38. The van der Waals surface area contributed by atoms with E-state index in [9.17, 15) is 0 Å². The van der Waals surface area contributed by atoms with Gasteiger partial charge in [0.15, 0.2) is 0 Å². The van der Waals surface area contributed by atoms with Crippen molar-refractivity contribution in [3.8, 4) is 0 Å². The first-order chi connectivity index (χ1) is 13.6. The molecule has 1 N–H and O–H groups in total. The third-order valence-electron chi connectivity index (χ3n) is 5.90. The Balaban J connectivity index is 1.63. The van der Waals surface area contributed by atoms with Gasteiger partial charge in [-0.1, -0.05) is 31.0 Å². The zero-order valence-corrected chi connectivity index (χ0v) is 17.8. The lowest BCUT2D eigenvalue weighted by molar-refractivity contribution is 0.608. The van der Waals surface area contributed by atoms with E-state index in [1.165, 1.54) is 54.8 Å². The molecule has 1 atom stereocenters. The molecule has 0 radical (unpaired) electrons. The smallest absolute Gasteiger partial charge is 0.137 e. The van der Waals surface area contributed by atoms with Gasteiger partial charge in [0.05, 0.1) is 10.7 Å². The normalized spacial score (nSPS) is 18.9. The van der Waals surface area contributed by atoms with Crippen LogP contribution in [-0.2, 0) is 0 Å². The van der Waals surface area contributed by atoms with Crippen LogP contribution in [0.5, 0.6) is 0 Å². The zero-order valence-electron chi connectivity index (χ0n) is 17.0. The van der Waals surface area contributed by atoms with Crippen LogP contribution in [0.1, 0.15) is 64.0 Å². The van der Waals surface area contributed by atoms with Gasteiger partial charge in [-0.2, -0.15) is 0 Å². The third kappa shape index (κ3) is 4.02. The van der Waals surface area contributed by atoms with Crippen molar-refractivity contribution in [1.82, 2.24) is 14.7 Å². The summed E-state index contributed by atoms with van der Waals surface area (Å²) < 4.78 is 2.02. The van der Waals surface area contributed by atoms with E-state index in [0.29, 0.717) is 5.92 Å². The highest BCUT2D eigenvalue weighted by Gasteiger charge is 2.27. The van der Waals surface area contributed by atoms with Crippen LogP contribution in [0.25, 0.3) is 5.65 Å². The molecule has 4 rings (SSSR count). The van der Waals surface area contributed by atoms with Gasteiger partial charge < -0.3 is 9.72 Å². The van der Waals surface area contributed by atoms with Crippen LogP contribution in [0.4, 0.5) is 0 Å². The summed E-state index contributed by atoms with van der Waals surface area (Å²) in [6.45, 7) is 4.46. The molecule has 2 fully saturated rings. The van der Waals surface area contributed by atoms with E-state index in [-0.39, 0.29) is 5.92 Å². The van der Waals surface area contributed by atoms with Crippen molar-refractivity contribution in [2.75, 3.05) is 7.05 Å². The number of allylic oxidation sites excluding steroid dienone is 4. The lowest BCUT2D eigenvalue weighted by Gasteiger charge is -2.27. The first-order valence-corrected chi connectivity index (χ1v) is 10.8. The van der Waals surface area contributed by atoms with Gasteiger partial charge >= 0.3 is 0 Å². The first-order valence-electron chi connectivity index (χ1n) is 10.4. The fourth-order valence-corrected chi connectivity index (χ4v) is 3.96. The number of rotatable bonds is 7. The molecule has 2 aromatic rings. The van der Waals surface area contributed by atoms with Gasteiger partial charge in [0.1, 0.15) is 5.65 Å². The molecular weight excluding hydrogens is 368 g/mol. The van der Waals surface area contributed by atoms with Crippen molar-refractivity contribution in [1.29, 1.82) is 0 Å². The van der Waals surface area contributed by atoms with Gasteiger partial charge in [0, 0.05) is 48.4 Å². The molecular formula is C23H29ClN4. The molecule has 0 bridgehead atoms. The van der Waals surface area contributed by atoms with Gasteiger partial charge in [-0.15, -0.1) is 0 Å². The zero-order chi connectivity index (χ0) is 19.7. The fourth-order valence-electron chi connectivity index (χ4n) is 3.79. The molecule has 4 nitrogen and oxygen atoms in total.